The molecular formula is C12H19NO4. The van der Waals surface area contributed by atoms with E-state index in [1.165, 1.54) is 0 Å². The van der Waals surface area contributed by atoms with Gasteiger partial charge >= 0.3 is 0 Å². The Balaban J connectivity index is 2.22. The molecule has 17 heavy (non-hydrogen) atoms. The molecule has 2 fully saturated rings. The highest BCUT2D eigenvalue weighted by Gasteiger charge is 2.57. The molecule has 0 aliphatic heterocycles. The molecule has 0 amide bonds. The second kappa shape index (κ2) is 4.72. The Labute approximate surface area is 101 Å². The van der Waals surface area contributed by atoms with Gasteiger partial charge in [0.25, 0.3) is 0 Å². The lowest BCUT2D eigenvalue weighted by molar-refractivity contribution is -0.589. The number of ketones is 1. The highest BCUT2D eigenvalue weighted by atomic mass is 16.6. The number of hydrogen-bond acceptors (Lipinski definition) is 4. The lowest BCUT2D eigenvalue weighted by Crippen LogP contribution is -2.56. The lowest BCUT2D eigenvalue weighted by atomic mass is 9.64. The standard InChI is InChI=1S/C12H19NO4/c1-2-17-11-8-12(13(15)16)6-4-3-5-9(12)7-10(11)14/h9,11H,2-8H2,1H3/t9-,11+,12-/m0/s1. The molecular weight excluding hydrogens is 222 g/mol. The van der Waals surface area contributed by atoms with Gasteiger partial charge in [-0.15, -0.1) is 0 Å². The predicted molar refractivity (Wildman–Crippen MR) is 61.3 cm³/mol. The Morgan fingerprint density at radius 1 is 1.53 bits per heavy atom. The van der Waals surface area contributed by atoms with E-state index in [2.05, 4.69) is 0 Å². The molecule has 2 aliphatic rings. The number of carbonyl (C=O) groups excluding carboxylic acids is 1. The van der Waals surface area contributed by atoms with E-state index in [-0.39, 0.29) is 23.0 Å². The number of ether oxygens (including phenoxy) is 1. The van der Waals surface area contributed by atoms with Crippen LogP contribution in [0.1, 0.15) is 45.4 Å². The minimum atomic E-state index is -0.897. The lowest BCUT2D eigenvalue weighted by Gasteiger charge is -2.42. The third-order valence-corrected chi connectivity index (χ3v) is 4.25. The molecule has 0 aromatic heterocycles. The number of carbonyl (C=O) groups is 1. The van der Waals surface area contributed by atoms with E-state index < -0.39 is 11.6 Å². The summed E-state index contributed by atoms with van der Waals surface area (Å²) in [7, 11) is 0. The number of Topliss-reactive ketones (excluding diaryl/α,β-unsaturated/α-hetero) is 1. The van der Waals surface area contributed by atoms with Crippen LogP contribution in [0.3, 0.4) is 0 Å². The van der Waals surface area contributed by atoms with Gasteiger partial charge in [-0.05, 0) is 19.8 Å². The van der Waals surface area contributed by atoms with E-state index in [1.54, 1.807) is 0 Å². The van der Waals surface area contributed by atoms with Gasteiger partial charge in [0.1, 0.15) is 6.10 Å². The van der Waals surface area contributed by atoms with Crippen LogP contribution in [-0.4, -0.2) is 29.0 Å². The van der Waals surface area contributed by atoms with Gasteiger partial charge in [-0.3, -0.25) is 14.9 Å². The van der Waals surface area contributed by atoms with Crippen molar-refractivity contribution in [1.82, 2.24) is 0 Å². The monoisotopic (exact) mass is 241 g/mol. The van der Waals surface area contributed by atoms with Crippen molar-refractivity contribution in [2.45, 2.75) is 57.1 Å². The summed E-state index contributed by atoms with van der Waals surface area (Å²) in [5, 5.41) is 11.4. The van der Waals surface area contributed by atoms with Crippen molar-refractivity contribution in [3.63, 3.8) is 0 Å². The second-order valence-electron chi connectivity index (χ2n) is 5.12. The van der Waals surface area contributed by atoms with E-state index in [4.69, 9.17) is 4.74 Å². The van der Waals surface area contributed by atoms with Crippen molar-refractivity contribution in [1.29, 1.82) is 0 Å². The number of rotatable bonds is 3. The predicted octanol–water partition coefficient (Wildman–Crippen LogP) is 1.96. The zero-order chi connectivity index (χ0) is 12.5. The van der Waals surface area contributed by atoms with E-state index in [9.17, 15) is 14.9 Å². The molecule has 0 radical (unpaired) electrons. The average Bonchev–Trinajstić information content (AvgIpc) is 2.30. The molecule has 96 valence electrons. The summed E-state index contributed by atoms with van der Waals surface area (Å²) < 4.78 is 5.37. The molecule has 0 aromatic carbocycles. The van der Waals surface area contributed by atoms with Gasteiger partial charge in [0.05, 0.1) is 6.42 Å². The maximum absolute atomic E-state index is 11.9. The molecule has 2 aliphatic carbocycles. The van der Waals surface area contributed by atoms with Gasteiger partial charge in [-0.1, -0.05) is 6.42 Å². The number of nitro groups is 1. The molecule has 0 saturated heterocycles. The van der Waals surface area contributed by atoms with Crippen LogP contribution < -0.4 is 0 Å². The van der Waals surface area contributed by atoms with Gasteiger partial charge in [0.2, 0.25) is 5.54 Å². The first-order chi connectivity index (χ1) is 8.10. The summed E-state index contributed by atoms with van der Waals surface area (Å²) in [6, 6.07) is 0. The molecule has 5 nitrogen and oxygen atoms in total. The summed E-state index contributed by atoms with van der Waals surface area (Å²) in [4.78, 5) is 23.1. The second-order valence-corrected chi connectivity index (χ2v) is 5.12. The number of fused-ring (bicyclic) bond motifs is 1. The first-order valence-corrected chi connectivity index (χ1v) is 6.39. The molecule has 0 aromatic rings. The average molecular weight is 241 g/mol. The molecule has 5 heteroatoms. The fourth-order valence-corrected chi connectivity index (χ4v) is 3.33. The summed E-state index contributed by atoms with van der Waals surface area (Å²) in [5.74, 6) is -0.0216. The first kappa shape index (κ1) is 12.5. The van der Waals surface area contributed by atoms with Gasteiger partial charge in [0.15, 0.2) is 5.78 Å². The quantitative estimate of drug-likeness (QED) is 0.559. The molecule has 0 heterocycles. The van der Waals surface area contributed by atoms with Crippen LogP contribution in [0.4, 0.5) is 0 Å². The summed E-state index contributed by atoms with van der Waals surface area (Å²) in [6.07, 6.45) is 3.35. The summed E-state index contributed by atoms with van der Waals surface area (Å²) in [6.45, 7) is 2.26. The van der Waals surface area contributed by atoms with Crippen LogP contribution in [0.5, 0.6) is 0 Å². The van der Waals surface area contributed by atoms with Crippen molar-refractivity contribution < 1.29 is 14.5 Å². The maximum Gasteiger partial charge on any atom is 0.228 e. The van der Waals surface area contributed by atoms with Crippen LogP contribution in [0.25, 0.3) is 0 Å². The van der Waals surface area contributed by atoms with Gasteiger partial charge in [-0.2, -0.15) is 0 Å². The van der Waals surface area contributed by atoms with Gasteiger partial charge in [-0.25, -0.2) is 0 Å². The van der Waals surface area contributed by atoms with Gasteiger partial charge in [0, 0.05) is 30.3 Å². The number of nitrogens with zero attached hydrogens (tertiary/aromatic N) is 1. The first-order valence-electron chi connectivity index (χ1n) is 6.39. The van der Waals surface area contributed by atoms with Crippen LogP contribution in [0.2, 0.25) is 0 Å². The minimum absolute atomic E-state index is 0.0521. The Morgan fingerprint density at radius 2 is 2.29 bits per heavy atom. The minimum Gasteiger partial charge on any atom is -0.370 e. The summed E-state index contributed by atoms with van der Waals surface area (Å²) in [5.41, 5.74) is -0.897. The van der Waals surface area contributed by atoms with Crippen molar-refractivity contribution in [3.8, 4) is 0 Å². The molecule has 3 atom stereocenters. The third kappa shape index (κ3) is 2.08. The van der Waals surface area contributed by atoms with Crippen molar-refractivity contribution in [3.05, 3.63) is 10.1 Å². The molecule has 0 spiro atoms. The van der Waals surface area contributed by atoms with Crippen LogP contribution in [-0.2, 0) is 9.53 Å². The van der Waals surface area contributed by atoms with Gasteiger partial charge < -0.3 is 4.74 Å². The topological polar surface area (TPSA) is 69.4 Å². The van der Waals surface area contributed by atoms with Crippen LogP contribution in [0.15, 0.2) is 0 Å². The Bertz CT molecular complexity index is 330. The zero-order valence-electron chi connectivity index (χ0n) is 10.2. The smallest absolute Gasteiger partial charge is 0.228 e. The fraction of sp³-hybridized carbons (Fsp3) is 0.917. The van der Waals surface area contributed by atoms with E-state index in [1.807, 2.05) is 6.92 Å². The van der Waals surface area contributed by atoms with Crippen molar-refractivity contribution >= 4 is 5.78 Å². The van der Waals surface area contributed by atoms with E-state index >= 15 is 0 Å². The number of hydrogen-bond donors (Lipinski definition) is 0. The molecule has 0 N–H and O–H groups in total. The van der Waals surface area contributed by atoms with Crippen LogP contribution in [0, 0.1) is 16.0 Å². The van der Waals surface area contributed by atoms with E-state index in [0.717, 1.165) is 19.3 Å². The third-order valence-electron chi connectivity index (χ3n) is 4.25. The van der Waals surface area contributed by atoms with E-state index in [0.29, 0.717) is 19.4 Å². The molecule has 0 unspecified atom stereocenters. The Kier molecular flexibility index (Phi) is 3.47. The molecule has 0 bridgehead atoms. The zero-order valence-corrected chi connectivity index (χ0v) is 10.2. The largest absolute Gasteiger partial charge is 0.370 e. The normalized spacial score (nSPS) is 37.6. The maximum atomic E-state index is 11.9. The highest BCUT2D eigenvalue weighted by Crippen LogP contribution is 2.45. The Morgan fingerprint density at radius 3 is 2.94 bits per heavy atom. The summed E-state index contributed by atoms with van der Waals surface area (Å²) >= 11 is 0. The fourth-order valence-electron chi connectivity index (χ4n) is 3.33. The highest BCUT2D eigenvalue weighted by molar-refractivity contribution is 5.84. The molecule has 2 rings (SSSR count). The van der Waals surface area contributed by atoms with Crippen molar-refractivity contribution in [2.75, 3.05) is 6.61 Å². The molecule has 2 saturated carbocycles. The van der Waals surface area contributed by atoms with Crippen molar-refractivity contribution in [2.24, 2.45) is 5.92 Å². The Hall–Kier alpha value is -0.970. The SMILES string of the molecule is CCO[C@@H]1C[C@@]2([N+](=O)[O-])CCCC[C@H]2CC1=O. The van der Waals surface area contributed by atoms with Crippen LogP contribution >= 0.6 is 0 Å².